The van der Waals surface area contributed by atoms with Crippen molar-refractivity contribution in [2.45, 2.75) is 17.9 Å². The topological polar surface area (TPSA) is 49.3 Å². The maximum atomic E-state index is 12.0. The molecule has 0 aliphatic carbocycles. The molecule has 6 heteroatoms. The zero-order chi connectivity index (χ0) is 9.07. The molecule has 0 heterocycles. The molecular formula is C5H8BrF2NO2. The molecule has 11 heavy (non-hydrogen) atoms. The first-order valence-corrected chi connectivity index (χ1v) is 3.65. The van der Waals surface area contributed by atoms with Gasteiger partial charge in [0.15, 0.2) is 0 Å². The van der Waals surface area contributed by atoms with E-state index in [0.717, 1.165) is 0 Å². The second kappa shape index (κ2) is 3.96. The lowest BCUT2D eigenvalue weighted by atomic mass is 10.4. The van der Waals surface area contributed by atoms with Crippen LogP contribution in [0.4, 0.5) is 8.78 Å². The van der Waals surface area contributed by atoms with Gasteiger partial charge in [0.1, 0.15) is 6.10 Å². The van der Waals surface area contributed by atoms with Crippen molar-refractivity contribution in [3.05, 3.63) is 0 Å². The van der Waals surface area contributed by atoms with Gasteiger partial charge in [-0.1, -0.05) is 0 Å². The Bertz CT molecular complexity index is 146. The van der Waals surface area contributed by atoms with Crippen molar-refractivity contribution in [1.82, 2.24) is 5.32 Å². The fraction of sp³-hybridized carbons (Fsp3) is 0.800. The number of aliphatic hydroxyl groups is 1. The van der Waals surface area contributed by atoms with Gasteiger partial charge >= 0.3 is 4.83 Å². The van der Waals surface area contributed by atoms with Gasteiger partial charge in [0.2, 0.25) is 5.91 Å². The summed E-state index contributed by atoms with van der Waals surface area (Å²) in [6, 6.07) is 0. The largest absolute Gasteiger partial charge is 0.384 e. The van der Waals surface area contributed by atoms with Crippen molar-refractivity contribution in [2.24, 2.45) is 0 Å². The molecule has 0 bridgehead atoms. The summed E-state index contributed by atoms with van der Waals surface area (Å²) in [5.74, 6) is -0.816. The zero-order valence-corrected chi connectivity index (χ0v) is 7.36. The second-order valence-electron chi connectivity index (χ2n) is 2.01. The van der Waals surface area contributed by atoms with Gasteiger partial charge in [0.05, 0.1) is 6.54 Å². The van der Waals surface area contributed by atoms with E-state index in [-0.39, 0.29) is 0 Å². The van der Waals surface area contributed by atoms with Crippen molar-refractivity contribution < 1.29 is 18.7 Å². The third kappa shape index (κ3) is 6.18. The molecular weight excluding hydrogens is 224 g/mol. The van der Waals surface area contributed by atoms with Crippen LogP contribution in [0.1, 0.15) is 6.92 Å². The summed E-state index contributed by atoms with van der Waals surface area (Å²) in [5, 5.41) is 10.4. The molecule has 0 saturated heterocycles. The molecule has 0 aromatic rings. The van der Waals surface area contributed by atoms with E-state index in [4.69, 9.17) is 5.11 Å². The predicted molar refractivity (Wildman–Crippen MR) is 38.6 cm³/mol. The van der Waals surface area contributed by atoms with E-state index in [1.165, 1.54) is 6.92 Å². The predicted octanol–water partition coefficient (Wildman–Crippen LogP) is 0.471. The van der Waals surface area contributed by atoms with E-state index in [2.05, 4.69) is 0 Å². The van der Waals surface area contributed by atoms with Crippen LogP contribution in [0.2, 0.25) is 0 Å². The number of hydrogen-bond acceptors (Lipinski definition) is 2. The Morgan fingerprint density at radius 1 is 1.82 bits per heavy atom. The zero-order valence-electron chi connectivity index (χ0n) is 5.77. The minimum Gasteiger partial charge on any atom is -0.384 e. The molecule has 66 valence electrons. The number of aliphatic hydroxyl groups excluding tert-OH is 1. The summed E-state index contributed by atoms with van der Waals surface area (Å²) in [5.41, 5.74) is 0. The molecule has 0 spiro atoms. The summed E-state index contributed by atoms with van der Waals surface area (Å²) in [6.07, 6.45) is -1.26. The van der Waals surface area contributed by atoms with Crippen LogP contribution in [-0.4, -0.2) is 28.5 Å². The Kier molecular flexibility index (Phi) is 3.88. The lowest BCUT2D eigenvalue weighted by Gasteiger charge is -2.10. The molecule has 2 N–H and O–H groups in total. The first kappa shape index (κ1) is 10.8. The highest BCUT2D eigenvalue weighted by Crippen LogP contribution is 2.19. The van der Waals surface area contributed by atoms with E-state index in [0.29, 0.717) is 0 Å². The third-order valence-electron chi connectivity index (χ3n) is 0.843. The molecule has 0 rings (SSSR count). The van der Waals surface area contributed by atoms with Gasteiger partial charge in [-0.05, 0) is 22.9 Å². The fourth-order valence-corrected chi connectivity index (χ4v) is 0.475. The smallest absolute Gasteiger partial charge is 0.318 e. The summed E-state index contributed by atoms with van der Waals surface area (Å²) in [6.45, 7) is 0.373. The highest BCUT2D eigenvalue weighted by Gasteiger charge is 2.25. The molecule has 1 atom stereocenters. The summed E-state index contributed by atoms with van der Waals surface area (Å²) in [7, 11) is 0. The minimum absolute atomic E-state index is 0.816. The minimum atomic E-state index is -3.11. The van der Waals surface area contributed by atoms with Crippen LogP contribution in [0.15, 0.2) is 0 Å². The van der Waals surface area contributed by atoms with Crippen LogP contribution in [0.3, 0.4) is 0 Å². The number of rotatable bonds is 3. The van der Waals surface area contributed by atoms with E-state index in [9.17, 15) is 13.6 Å². The summed E-state index contributed by atoms with van der Waals surface area (Å²) in [4.78, 5) is 7.36. The van der Waals surface area contributed by atoms with Crippen LogP contribution in [0.5, 0.6) is 0 Å². The number of carbonyl (C=O) groups excluding carboxylic acids is 1. The number of nitrogens with one attached hydrogen (secondary N) is 1. The molecule has 0 aliphatic rings. The maximum Gasteiger partial charge on any atom is 0.318 e. The fourth-order valence-electron chi connectivity index (χ4n) is 0.335. The van der Waals surface area contributed by atoms with Gasteiger partial charge in [-0.25, -0.2) is 0 Å². The molecule has 0 fully saturated rings. The first-order chi connectivity index (χ1) is 4.83. The monoisotopic (exact) mass is 231 g/mol. The molecule has 0 saturated carbocycles. The Morgan fingerprint density at radius 3 is 2.55 bits per heavy atom. The average Bonchev–Trinajstić information content (AvgIpc) is 1.80. The van der Waals surface area contributed by atoms with Crippen molar-refractivity contribution in [1.29, 1.82) is 0 Å². The van der Waals surface area contributed by atoms with E-state index in [1.54, 1.807) is 0 Å². The third-order valence-corrected chi connectivity index (χ3v) is 1.12. The standard InChI is InChI=1S/C5H8BrF2NO2/c1-3(10)4(11)9-2-5(6,7)8/h3,10H,2H2,1H3,(H,9,11)/t3-/m0/s1. The van der Waals surface area contributed by atoms with E-state index < -0.39 is 23.4 Å². The Balaban J connectivity index is 3.64. The number of alkyl halides is 3. The molecule has 0 unspecified atom stereocenters. The Labute approximate surface area is 70.9 Å². The van der Waals surface area contributed by atoms with Gasteiger partial charge in [-0.15, -0.1) is 0 Å². The molecule has 1 amide bonds. The Morgan fingerprint density at radius 2 is 2.27 bits per heavy atom. The van der Waals surface area contributed by atoms with Crippen LogP contribution < -0.4 is 5.32 Å². The second-order valence-corrected chi connectivity index (χ2v) is 3.17. The Hall–Kier alpha value is -0.230. The number of amides is 1. The van der Waals surface area contributed by atoms with Gasteiger partial charge in [-0.2, -0.15) is 8.78 Å². The molecule has 0 aromatic carbocycles. The van der Waals surface area contributed by atoms with Crippen LogP contribution in [0, 0.1) is 0 Å². The van der Waals surface area contributed by atoms with Crippen LogP contribution in [0.25, 0.3) is 0 Å². The SMILES string of the molecule is C[C@H](O)C(=O)NCC(F)(F)Br. The molecule has 3 nitrogen and oxygen atoms in total. The molecule has 0 aliphatic heterocycles. The lowest BCUT2D eigenvalue weighted by molar-refractivity contribution is -0.129. The van der Waals surface area contributed by atoms with Gasteiger partial charge in [-0.3, -0.25) is 4.79 Å². The van der Waals surface area contributed by atoms with Crippen molar-refractivity contribution >= 4 is 21.8 Å². The summed E-state index contributed by atoms with van der Waals surface area (Å²) < 4.78 is 23.9. The van der Waals surface area contributed by atoms with Crippen LogP contribution in [-0.2, 0) is 4.79 Å². The van der Waals surface area contributed by atoms with Crippen molar-refractivity contribution in [3.8, 4) is 0 Å². The van der Waals surface area contributed by atoms with Gasteiger partial charge in [0.25, 0.3) is 0 Å². The first-order valence-electron chi connectivity index (χ1n) is 2.85. The maximum absolute atomic E-state index is 12.0. The number of halogens is 3. The molecule has 0 aromatic heterocycles. The number of carbonyl (C=O) groups is 1. The lowest BCUT2D eigenvalue weighted by Crippen LogP contribution is -2.38. The highest BCUT2D eigenvalue weighted by molar-refractivity contribution is 9.10. The van der Waals surface area contributed by atoms with E-state index in [1.807, 2.05) is 21.2 Å². The summed E-state index contributed by atoms with van der Waals surface area (Å²) >= 11 is 2.03. The van der Waals surface area contributed by atoms with Crippen molar-refractivity contribution in [2.75, 3.05) is 6.54 Å². The van der Waals surface area contributed by atoms with E-state index >= 15 is 0 Å². The van der Waals surface area contributed by atoms with Gasteiger partial charge < -0.3 is 10.4 Å². The van der Waals surface area contributed by atoms with Crippen molar-refractivity contribution in [3.63, 3.8) is 0 Å². The number of hydrogen-bond donors (Lipinski definition) is 2. The van der Waals surface area contributed by atoms with Crippen LogP contribution >= 0.6 is 15.9 Å². The normalized spacial score (nSPS) is 14.3. The average molecular weight is 232 g/mol. The highest BCUT2D eigenvalue weighted by atomic mass is 79.9. The van der Waals surface area contributed by atoms with Gasteiger partial charge in [0, 0.05) is 0 Å². The quantitative estimate of drug-likeness (QED) is 0.695. The molecule has 0 radical (unpaired) electrons.